The summed E-state index contributed by atoms with van der Waals surface area (Å²) in [5.41, 5.74) is 2.25. The van der Waals surface area contributed by atoms with Crippen molar-refractivity contribution in [2.45, 2.75) is 38.6 Å². The van der Waals surface area contributed by atoms with E-state index in [0.29, 0.717) is 12.6 Å². The van der Waals surface area contributed by atoms with Crippen LogP contribution in [0.25, 0.3) is 0 Å². The van der Waals surface area contributed by atoms with Crippen LogP contribution in [-0.2, 0) is 4.79 Å². The maximum atomic E-state index is 12.0. The van der Waals surface area contributed by atoms with Crippen molar-refractivity contribution < 1.29 is 9.79 Å². The molecule has 3 rings (SSSR count). The van der Waals surface area contributed by atoms with Gasteiger partial charge in [-0.1, -0.05) is 17.7 Å². The molecule has 2 N–H and O–H groups in total. The fourth-order valence-electron chi connectivity index (χ4n) is 2.88. The van der Waals surface area contributed by atoms with Gasteiger partial charge in [-0.25, -0.2) is 5.32 Å². The second-order valence-electron chi connectivity index (χ2n) is 5.40. The molecule has 0 spiro atoms. The predicted octanol–water partition coefficient (Wildman–Crippen LogP) is 0.628. The molecule has 4 nitrogen and oxygen atoms in total. The number of anilines is 1. The molecule has 4 heteroatoms. The minimum atomic E-state index is 0.182. The number of carbonyl (C=O) groups is 1. The molecule has 1 amide bonds. The molecule has 1 aliphatic carbocycles. The van der Waals surface area contributed by atoms with Gasteiger partial charge in [-0.15, -0.1) is 0 Å². The first kappa shape index (κ1) is 12.2. The lowest BCUT2D eigenvalue weighted by Gasteiger charge is -2.18. The third-order valence-electron chi connectivity index (χ3n) is 3.92. The molecule has 1 saturated carbocycles. The molecule has 0 aromatic heterocycles. The van der Waals surface area contributed by atoms with Crippen LogP contribution >= 0.6 is 0 Å². The lowest BCUT2D eigenvalue weighted by atomic mass is 10.2. The Hall–Kier alpha value is -1.84. The zero-order chi connectivity index (χ0) is 13.2. The summed E-state index contributed by atoms with van der Waals surface area (Å²) in [5.74, 6) is 1.03. The van der Waals surface area contributed by atoms with Crippen LogP contribution in [0.4, 0.5) is 5.69 Å². The van der Waals surface area contributed by atoms with Gasteiger partial charge in [0.25, 0.3) is 0 Å². The number of guanidine groups is 1. The molecule has 100 valence electrons. The van der Waals surface area contributed by atoms with Gasteiger partial charge in [0, 0.05) is 0 Å². The monoisotopic (exact) mass is 258 g/mol. The molecule has 0 bridgehead atoms. The normalized spacial score (nSPS) is 19.9. The van der Waals surface area contributed by atoms with Gasteiger partial charge < -0.3 is 0 Å². The average Bonchev–Trinajstić information content (AvgIpc) is 3.02. The van der Waals surface area contributed by atoms with E-state index in [0.717, 1.165) is 24.5 Å². The second-order valence-corrected chi connectivity index (χ2v) is 5.40. The number of benzene rings is 1. The minimum Gasteiger partial charge on any atom is -0.266 e. The lowest BCUT2D eigenvalue weighted by Crippen LogP contribution is -2.73. The summed E-state index contributed by atoms with van der Waals surface area (Å²) in [6.45, 7) is 2.48. The zero-order valence-corrected chi connectivity index (χ0v) is 11.3. The van der Waals surface area contributed by atoms with Crippen LogP contribution in [0.1, 0.15) is 31.2 Å². The first-order valence-electron chi connectivity index (χ1n) is 7.00. The largest absolute Gasteiger partial charge is 0.358 e. The number of carbonyl (C=O) groups excluding carboxylic acids is 1. The lowest BCUT2D eigenvalue weighted by molar-refractivity contribution is -0.438. The van der Waals surface area contributed by atoms with Crippen LogP contribution in [0, 0.1) is 6.92 Å². The molecular formula is C15H20N3O+. The van der Waals surface area contributed by atoms with E-state index in [1.54, 1.807) is 0 Å². The molecule has 0 saturated heterocycles. The standard InChI is InChI=1S/C15H19N3O/c1-11-6-8-12(9-7-11)17-15-16-10-14(19)18(15)13-4-2-3-5-13/h6-9,13H,2-5,10H2,1H3,(H,16,17)/p+1. The number of nitrogens with one attached hydrogen (secondary N) is 2. The van der Waals surface area contributed by atoms with E-state index >= 15 is 0 Å². The van der Waals surface area contributed by atoms with Crippen molar-refractivity contribution in [3.05, 3.63) is 29.8 Å². The van der Waals surface area contributed by atoms with E-state index in [4.69, 9.17) is 0 Å². The fraction of sp³-hybridized carbons (Fsp3) is 0.467. The molecule has 1 heterocycles. The smallest absolute Gasteiger partial charge is 0.266 e. The van der Waals surface area contributed by atoms with Crippen LogP contribution in [0.5, 0.6) is 0 Å². The SMILES string of the molecule is Cc1ccc(NC2=[NH+]CC(=O)N2C2CCCC2)cc1. The van der Waals surface area contributed by atoms with Crippen molar-refractivity contribution in [1.29, 1.82) is 0 Å². The minimum absolute atomic E-state index is 0.182. The van der Waals surface area contributed by atoms with Gasteiger partial charge in [-0.2, -0.15) is 4.90 Å². The van der Waals surface area contributed by atoms with Gasteiger partial charge >= 0.3 is 11.9 Å². The molecule has 0 atom stereocenters. The molecule has 0 unspecified atom stereocenters. The summed E-state index contributed by atoms with van der Waals surface area (Å²) >= 11 is 0. The van der Waals surface area contributed by atoms with Gasteiger partial charge in [-0.05, 0) is 44.7 Å². The highest BCUT2D eigenvalue weighted by Crippen LogP contribution is 2.24. The summed E-state index contributed by atoms with van der Waals surface area (Å²) in [7, 11) is 0. The van der Waals surface area contributed by atoms with E-state index in [1.165, 1.54) is 18.4 Å². The number of aryl methyl sites for hydroxylation is 1. The molecule has 19 heavy (non-hydrogen) atoms. The van der Waals surface area contributed by atoms with Crippen LogP contribution in [0.3, 0.4) is 0 Å². The van der Waals surface area contributed by atoms with Gasteiger partial charge in [0.05, 0.1) is 11.7 Å². The third-order valence-corrected chi connectivity index (χ3v) is 3.92. The molecule has 1 aromatic rings. The maximum absolute atomic E-state index is 12.0. The molecule has 1 aromatic carbocycles. The van der Waals surface area contributed by atoms with E-state index in [-0.39, 0.29) is 5.91 Å². The van der Waals surface area contributed by atoms with Crippen LogP contribution in [-0.4, -0.2) is 29.4 Å². The van der Waals surface area contributed by atoms with E-state index in [2.05, 4.69) is 29.4 Å². The molecule has 1 aliphatic heterocycles. The predicted molar refractivity (Wildman–Crippen MR) is 74.7 cm³/mol. The summed E-state index contributed by atoms with van der Waals surface area (Å²) in [4.78, 5) is 17.1. The maximum Gasteiger partial charge on any atom is 0.358 e. The van der Waals surface area contributed by atoms with Gasteiger partial charge in [0.15, 0.2) is 6.54 Å². The Balaban J connectivity index is 1.75. The van der Waals surface area contributed by atoms with Crippen molar-refractivity contribution >= 4 is 17.6 Å². The third kappa shape index (κ3) is 2.48. The van der Waals surface area contributed by atoms with Crippen molar-refractivity contribution in [1.82, 2.24) is 4.90 Å². The Morgan fingerprint density at radius 3 is 2.58 bits per heavy atom. The number of hydrogen-bond donors (Lipinski definition) is 2. The first-order valence-corrected chi connectivity index (χ1v) is 7.00. The molecular weight excluding hydrogens is 238 g/mol. The summed E-state index contributed by atoms with van der Waals surface area (Å²) in [6.07, 6.45) is 4.69. The van der Waals surface area contributed by atoms with Crippen molar-refractivity contribution in [2.75, 3.05) is 11.9 Å². The van der Waals surface area contributed by atoms with Crippen LogP contribution in [0.2, 0.25) is 0 Å². The highest BCUT2D eigenvalue weighted by atomic mass is 16.2. The fourth-order valence-corrected chi connectivity index (χ4v) is 2.88. The van der Waals surface area contributed by atoms with E-state index in [1.807, 2.05) is 17.0 Å². The Labute approximate surface area is 113 Å². The van der Waals surface area contributed by atoms with Crippen LogP contribution in [0.15, 0.2) is 24.3 Å². The summed E-state index contributed by atoms with van der Waals surface area (Å²) < 4.78 is 0. The number of amides is 1. The highest BCUT2D eigenvalue weighted by molar-refractivity contribution is 6.04. The topological polar surface area (TPSA) is 46.3 Å². The van der Waals surface area contributed by atoms with Gasteiger partial charge in [0.1, 0.15) is 0 Å². The molecule has 2 aliphatic rings. The Morgan fingerprint density at radius 1 is 1.21 bits per heavy atom. The average molecular weight is 258 g/mol. The molecule has 0 radical (unpaired) electrons. The van der Waals surface area contributed by atoms with Crippen molar-refractivity contribution in [3.63, 3.8) is 0 Å². The zero-order valence-electron chi connectivity index (χ0n) is 11.3. The summed E-state index contributed by atoms with van der Waals surface area (Å²) in [6, 6.07) is 8.59. The Bertz CT molecular complexity index is 501. The number of rotatable bonds is 2. The summed E-state index contributed by atoms with van der Waals surface area (Å²) in [5, 5.41) is 3.34. The first-order chi connectivity index (χ1) is 9.24. The van der Waals surface area contributed by atoms with Gasteiger partial charge in [-0.3, -0.25) is 9.79 Å². The van der Waals surface area contributed by atoms with Crippen molar-refractivity contribution in [3.8, 4) is 0 Å². The van der Waals surface area contributed by atoms with Crippen molar-refractivity contribution in [2.24, 2.45) is 0 Å². The highest BCUT2D eigenvalue weighted by Gasteiger charge is 2.40. The van der Waals surface area contributed by atoms with Gasteiger partial charge in [0.2, 0.25) is 0 Å². The quantitative estimate of drug-likeness (QED) is 0.817. The van der Waals surface area contributed by atoms with Crippen LogP contribution < -0.4 is 10.3 Å². The second kappa shape index (κ2) is 5.03. The molecule has 1 fully saturated rings. The Morgan fingerprint density at radius 2 is 1.89 bits per heavy atom. The Kier molecular flexibility index (Phi) is 3.23. The number of hydrogen-bond acceptors (Lipinski definition) is 2. The van der Waals surface area contributed by atoms with E-state index in [9.17, 15) is 4.79 Å². The number of nitrogens with zero attached hydrogens (tertiary/aromatic N) is 1. The van der Waals surface area contributed by atoms with E-state index < -0.39 is 0 Å².